The second kappa shape index (κ2) is 9.17. The summed E-state index contributed by atoms with van der Waals surface area (Å²) in [7, 11) is -3.40. The van der Waals surface area contributed by atoms with E-state index >= 15 is 0 Å². The third-order valence-electron chi connectivity index (χ3n) is 5.45. The number of rotatable bonds is 6. The molecule has 2 aliphatic rings. The molecule has 0 saturated carbocycles. The molecule has 26 heavy (non-hydrogen) atoms. The zero-order valence-corrected chi connectivity index (χ0v) is 16.7. The maximum absolute atomic E-state index is 12.6. The number of hydrogen-bond donors (Lipinski definition) is 2. The van der Waals surface area contributed by atoms with Gasteiger partial charge in [-0.3, -0.25) is 4.79 Å². The average Bonchev–Trinajstić information content (AvgIpc) is 2.59. The second-order valence-corrected chi connectivity index (χ2v) is 9.05. The molecule has 0 aliphatic carbocycles. The molecule has 2 aliphatic heterocycles. The molecule has 2 saturated heterocycles. The lowest BCUT2D eigenvalue weighted by molar-refractivity contribution is -0.126. The van der Waals surface area contributed by atoms with Crippen molar-refractivity contribution in [2.45, 2.75) is 24.7 Å². The van der Waals surface area contributed by atoms with Gasteiger partial charge in [-0.15, -0.1) is 12.4 Å². The number of sulfonamides is 1. The van der Waals surface area contributed by atoms with Gasteiger partial charge >= 0.3 is 0 Å². The molecule has 1 amide bonds. The van der Waals surface area contributed by atoms with E-state index in [4.69, 9.17) is 0 Å². The van der Waals surface area contributed by atoms with E-state index in [0.717, 1.165) is 25.9 Å². The van der Waals surface area contributed by atoms with Crippen molar-refractivity contribution in [3.63, 3.8) is 0 Å². The molecule has 0 spiro atoms. The van der Waals surface area contributed by atoms with Crippen molar-refractivity contribution < 1.29 is 13.2 Å². The van der Waals surface area contributed by atoms with Crippen molar-refractivity contribution in [1.29, 1.82) is 0 Å². The first-order valence-corrected chi connectivity index (χ1v) is 10.5. The molecule has 0 radical (unpaired) electrons. The van der Waals surface area contributed by atoms with Crippen molar-refractivity contribution in [1.82, 2.24) is 14.9 Å². The van der Waals surface area contributed by atoms with E-state index < -0.39 is 10.0 Å². The first-order valence-electron chi connectivity index (χ1n) is 9.02. The van der Waals surface area contributed by atoms with E-state index in [1.165, 1.54) is 0 Å². The van der Waals surface area contributed by atoms with Crippen LogP contribution >= 0.6 is 12.4 Å². The highest BCUT2D eigenvalue weighted by Gasteiger charge is 2.31. The number of benzene rings is 1. The SMILES string of the molecule is CC(C(=O)NCC1CCN(S(=O)(=O)c2ccccc2)CC1)C1CNC1.Cl. The van der Waals surface area contributed by atoms with Gasteiger partial charge in [0.05, 0.1) is 4.90 Å². The maximum Gasteiger partial charge on any atom is 0.243 e. The molecule has 0 bridgehead atoms. The average molecular weight is 402 g/mol. The minimum atomic E-state index is -3.40. The molecule has 2 fully saturated rings. The van der Waals surface area contributed by atoms with Crippen LogP contribution in [0.3, 0.4) is 0 Å². The van der Waals surface area contributed by atoms with Crippen LogP contribution in [0.15, 0.2) is 35.2 Å². The zero-order valence-electron chi connectivity index (χ0n) is 15.1. The summed E-state index contributed by atoms with van der Waals surface area (Å²) >= 11 is 0. The summed E-state index contributed by atoms with van der Waals surface area (Å²) < 4.78 is 26.8. The summed E-state index contributed by atoms with van der Waals surface area (Å²) in [5.41, 5.74) is 0. The van der Waals surface area contributed by atoms with Crippen molar-refractivity contribution in [2.75, 3.05) is 32.7 Å². The Morgan fingerprint density at radius 3 is 2.38 bits per heavy atom. The first-order chi connectivity index (χ1) is 12.0. The summed E-state index contributed by atoms with van der Waals surface area (Å²) in [4.78, 5) is 12.5. The number of nitrogens with one attached hydrogen (secondary N) is 2. The van der Waals surface area contributed by atoms with Gasteiger partial charge in [-0.05, 0) is 49.9 Å². The van der Waals surface area contributed by atoms with Crippen LogP contribution in [0.25, 0.3) is 0 Å². The zero-order chi connectivity index (χ0) is 17.9. The van der Waals surface area contributed by atoms with Crippen LogP contribution in [0.5, 0.6) is 0 Å². The van der Waals surface area contributed by atoms with Crippen molar-refractivity contribution >= 4 is 28.3 Å². The summed E-state index contributed by atoms with van der Waals surface area (Å²) in [5, 5.41) is 6.24. The predicted octanol–water partition coefficient (Wildman–Crippen LogP) is 1.48. The van der Waals surface area contributed by atoms with Crippen molar-refractivity contribution in [3.8, 4) is 0 Å². The number of carbonyl (C=O) groups is 1. The van der Waals surface area contributed by atoms with Gasteiger partial charge in [0.1, 0.15) is 0 Å². The minimum Gasteiger partial charge on any atom is -0.356 e. The molecule has 3 rings (SSSR count). The Morgan fingerprint density at radius 1 is 1.23 bits per heavy atom. The standard InChI is InChI=1S/C18H27N3O3S.ClH/c1-14(16-12-19-13-16)18(22)20-11-15-7-9-21(10-8-15)25(23,24)17-5-3-2-4-6-17;/h2-6,14-16,19H,7-13H2,1H3,(H,20,22);1H. The van der Waals surface area contributed by atoms with E-state index in [1.54, 1.807) is 28.6 Å². The molecule has 146 valence electrons. The fourth-order valence-corrected chi connectivity index (χ4v) is 4.87. The molecule has 1 atom stereocenters. The topological polar surface area (TPSA) is 78.5 Å². The van der Waals surface area contributed by atoms with Gasteiger partial charge in [0.15, 0.2) is 0 Å². The van der Waals surface area contributed by atoms with Gasteiger partial charge in [-0.1, -0.05) is 25.1 Å². The van der Waals surface area contributed by atoms with Crippen LogP contribution in [-0.2, 0) is 14.8 Å². The van der Waals surface area contributed by atoms with Gasteiger partial charge in [-0.2, -0.15) is 4.31 Å². The molecule has 2 N–H and O–H groups in total. The molecular weight excluding hydrogens is 374 g/mol. The lowest BCUT2D eigenvalue weighted by atomic mass is 9.88. The van der Waals surface area contributed by atoms with Gasteiger partial charge in [0, 0.05) is 25.6 Å². The van der Waals surface area contributed by atoms with Crippen LogP contribution in [0.2, 0.25) is 0 Å². The fourth-order valence-electron chi connectivity index (χ4n) is 3.38. The van der Waals surface area contributed by atoms with E-state index in [1.807, 2.05) is 13.0 Å². The van der Waals surface area contributed by atoms with E-state index in [2.05, 4.69) is 10.6 Å². The fraction of sp³-hybridized carbons (Fsp3) is 0.611. The number of nitrogens with zero attached hydrogens (tertiary/aromatic N) is 1. The third-order valence-corrected chi connectivity index (χ3v) is 7.37. The number of piperidine rings is 1. The third kappa shape index (κ3) is 4.76. The normalized spacial score (nSPS) is 20.7. The maximum atomic E-state index is 12.6. The van der Waals surface area contributed by atoms with E-state index in [0.29, 0.717) is 36.4 Å². The first kappa shape index (κ1) is 21.2. The number of amides is 1. The monoisotopic (exact) mass is 401 g/mol. The summed E-state index contributed by atoms with van der Waals surface area (Å²) in [6.45, 7) is 5.49. The molecule has 6 nitrogen and oxygen atoms in total. The molecule has 8 heteroatoms. The largest absolute Gasteiger partial charge is 0.356 e. The Kier molecular flexibility index (Phi) is 7.46. The lowest BCUT2D eigenvalue weighted by Gasteiger charge is -2.33. The lowest BCUT2D eigenvalue weighted by Crippen LogP contribution is -2.50. The van der Waals surface area contributed by atoms with Gasteiger partial charge in [-0.25, -0.2) is 8.42 Å². The predicted molar refractivity (Wildman–Crippen MR) is 104 cm³/mol. The van der Waals surface area contributed by atoms with Crippen LogP contribution in [0.4, 0.5) is 0 Å². The molecule has 1 aromatic carbocycles. The van der Waals surface area contributed by atoms with Crippen LogP contribution < -0.4 is 10.6 Å². The number of halogens is 1. The highest BCUT2D eigenvalue weighted by molar-refractivity contribution is 7.89. The summed E-state index contributed by atoms with van der Waals surface area (Å²) in [5.74, 6) is 0.946. The number of carbonyl (C=O) groups excluding carboxylic acids is 1. The Morgan fingerprint density at radius 2 is 1.85 bits per heavy atom. The molecular formula is C18H28ClN3O3S. The molecule has 1 aromatic rings. The van der Waals surface area contributed by atoms with E-state index in [9.17, 15) is 13.2 Å². The highest BCUT2D eigenvalue weighted by Crippen LogP contribution is 2.23. The second-order valence-electron chi connectivity index (χ2n) is 7.11. The van der Waals surface area contributed by atoms with Crippen LogP contribution in [-0.4, -0.2) is 51.4 Å². The quantitative estimate of drug-likeness (QED) is 0.756. The highest BCUT2D eigenvalue weighted by atomic mass is 35.5. The summed E-state index contributed by atoms with van der Waals surface area (Å²) in [6.07, 6.45) is 1.57. The Bertz CT molecular complexity index is 687. The molecule has 0 aromatic heterocycles. The van der Waals surface area contributed by atoms with Gasteiger partial charge < -0.3 is 10.6 Å². The smallest absolute Gasteiger partial charge is 0.243 e. The minimum absolute atomic E-state index is 0. The van der Waals surface area contributed by atoms with Crippen molar-refractivity contribution in [2.24, 2.45) is 17.8 Å². The Balaban J connectivity index is 0.00000243. The van der Waals surface area contributed by atoms with E-state index in [-0.39, 0.29) is 24.2 Å². The number of hydrogen-bond acceptors (Lipinski definition) is 4. The molecule has 2 heterocycles. The van der Waals surface area contributed by atoms with Crippen LogP contribution in [0.1, 0.15) is 19.8 Å². The van der Waals surface area contributed by atoms with Crippen molar-refractivity contribution in [3.05, 3.63) is 30.3 Å². The van der Waals surface area contributed by atoms with Gasteiger partial charge in [0.25, 0.3) is 0 Å². The van der Waals surface area contributed by atoms with Gasteiger partial charge in [0.2, 0.25) is 15.9 Å². The van der Waals surface area contributed by atoms with Crippen LogP contribution in [0, 0.1) is 17.8 Å². The Hall–Kier alpha value is -1.15. The Labute approximate surface area is 162 Å². The summed E-state index contributed by atoms with van der Waals surface area (Å²) in [6, 6.07) is 8.58. The molecule has 1 unspecified atom stereocenters.